The number of aryl methyl sites for hydroxylation is 1. The van der Waals surface area contributed by atoms with Crippen LogP contribution in [0.1, 0.15) is 17.5 Å². The Morgan fingerprint density at radius 1 is 1.11 bits per heavy atom. The lowest BCUT2D eigenvalue weighted by molar-refractivity contribution is 0.629. The molecule has 3 heteroatoms. The molecule has 0 aliphatic carbocycles. The van der Waals surface area contributed by atoms with Crippen molar-refractivity contribution in [3.05, 3.63) is 65.5 Å². The molecule has 0 unspecified atom stereocenters. The number of hydrogen-bond donors (Lipinski definition) is 1. The summed E-state index contributed by atoms with van der Waals surface area (Å²) in [5, 5.41) is 11.7. The lowest BCUT2D eigenvalue weighted by atomic mass is 10.1. The second-order valence-corrected chi connectivity index (χ2v) is 4.32. The number of nitrogens with zero attached hydrogens (tertiary/aromatic N) is 1. The Morgan fingerprint density at radius 3 is 2.58 bits per heavy atom. The highest BCUT2D eigenvalue weighted by atomic mass is 19.1. The molecule has 2 aromatic carbocycles. The van der Waals surface area contributed by atoms with Crippen LogP contribution in [0.2, 0.25) is 0 Å². The van der Waals surface area contributed by atoms with E-state index in [9.17, 15) is 4.39 Å². The number of rotatable bonds is 5. The van der Waals surface area contributed by atoms with Crippen LogP contribution in [0.5, 0.6) is 0 Å². The molecule has 0 aliphatic rings. The maximum Gasteiger partial charge on any atom is 0.147 e. The first-order chi connectivity index (χ1) is 9.29. The van der Waals surface area contributed by atoms with E-state index in [1.165, 1.54) is 11.6 Å². The summed E-state index contributed by atoms with van der Waals surface area (Å²) in [6, 6.07) is 16.6. The van der Waals surface area contributed by atoms with Crippen molar-refractivity contribution >= 4 is 5.69 Å². The fourth-order valence-electron chi connectivity index (χ4n) is 1.89. The zero-order chi connectivity index (χ0) is 13.5. The Balaban J connectivity index is 1.82. The van der Waals surface area contributed by atoms with Crippen molar-refractivity contribution < 1.29 is 4.39 Å². The highest BCUT2D eigenvalue weighted by molar-refractivity contribution is 5.48. The van der Waals surface area contributed by atoms with Crippen LogP contribution in [0, 0.1) is 17.1 Å². The van der Waals surface area contributed by atoms with Gasteiger partial charge in [0.05, 0.1) is 17.3 Å². The van der Waals surface area contributed by atoms with Gasteiger partial charge in [-0.2, -0.15) is 5.26 Å². The normalized spacial score (nSPS) is 9.89. The number of benzene rings is 2. The van der Waals surface area contributed by atoms with Gasteiger partial charge in [-0.15, -0.1) is 0 Å². The summed E-state index contributed by atoms with van der Waals surface area (Å²) in [5.74, 6) is -0.376. The van der Waals surface area contributed by atoms with Gasteiger partial charge in [-0.05, 0) is 36.6 Å². The van der Waals surface area contributed by atoms with E-state index in [1.807, 2.05) is 24.3 Å². The monoisotopic (exact) mass is 254 g/mol. The molecular weight excluding hydrogens is 239 g/mol. The van der Waals surface area contributed by atoms with Gasteiger partial charge in [0, 0.05) is 6.54 Å². The maximum absolute atomic E-state index is 13.6. The molecule has 0 aromatic heterocycles. The summed E-state index contributed by atoms with van der Waals surface area (Å²) >= 11 is 0. The van der Waals surface area contributed by atoms with Gasteiger partial charge in [-0.25, -0.2) is 4.39 Å². The average molecular weight is 254 g/mol. The van der Waals surface area contributed by atoms with Crippen LogP contribution in [-0.4, -0.2) is 6.54 Å². The third-order valence-corrected chi connectivity index (χ3v) is 2.90. The Hall–Kier alpha value is -2.34. The number of nitriles is 1. The largest absolute Gasteiger partial charge is 0.383 e. The van der Waals surface area contributed by atoms with E-state index in [2.05, 4.69) is 17.4 Å². The van der Waals surface area contributed by atoms with Crippen LogP contribution in [-0.2, 0) is 6.42 Å². The Morgan fingerprint density at radius 2 is 1.89 bits per heavy atom. The SMILES string of the molecule is N#Cc1ccc(NCCCc2ccccc2)c(F)c1. The first-order valence-electron chi connectivity index (χ1n) is 6.27. The van der Waals surface area contributed by atoms with Gasteiger partial charge in [-0.1, -0.05) is 30.3 Å². The first-order valence-corrected chi connectivity index (χ1v) is 6.27. The van der Waals surface area contributed by atoms with E-state index in [0.29, 0.717) is 17.8 Å². The number of halogens is 1. The summed E-state index contributed by atoms with van der Waals surface area (Å²) in [5.41, 5.74) is 2.07. The van der Waals surface area contributed by atoms with Crippen molar-refractivity contribution in [3.8, 4) is 6.07 Å². The van der Waals surface area contributed by atoms with Crippen LogP contribution < -0.4 is 5.32 Å². The van der Waals surface area contributed by atoms with E-state index < -0.39 is 0 Å². The predicted molar refractivity (Wildman–Crippen MR) is 74.4 cm³/mol. The molecule has 0 bridgehead atoms. The van der Waals surface area contributed by atoms with E-state index in [-0.39, 0.29) is 5.82 Å². The van der Waals surface area contributed by atoms with Gasteiger partial charge in [0.25, 0.3) is 0 Å². The van der Waals surface area contributed by atoms with E-state index in [1.54, 1.807) is 12.1 Å². The van der Waals surface area contributed by atoms with Crippen LogP contribution in [0.25, 0.3) is 0 Å². The molecule has 0 spiro atoms. The van der Waals surface area contributed by atoms with E-state index >= 15 is 0 Å². The van der Waals surface area contributed by atoms with Crippen LogP contribution in [0.4, 0.5) is 10.1 Å². The van der Waals surface area contributed by atoms with Crippen molar-refractivity contribution in [2.75, 3.05) is 11.9 Å². The lowest BCUT2D eigenvalue weighted by Crippen LogP contribution is -2.04. The fraction of sp³-hybridized carbons (Fsp3) is 0.188. The molecular formula is C16H15FN2. The topological polar surface area (TPSA) is 35.8 Å². The zero-order valence-corrected chi connectivity index (χ0v) is 10.6. The van der Waals surface area contributed by atoms with Crippen molar-refractivity contribution in [2.45, 2.75) is 12.8 Å². The summed E-state index contributed by atoms with van der Waals surface area (Å²) in [6.45, 7) is 0.706. The molecule has 0 saturated heterocycles. The highest BCUT2D eigenvalue weighted by Gasteiger charge is 2.02. The molecule has 0 atom stereocenters. The number of hydrogen-bond acceptors (Lipinski definition) is 2. The van der Waals surface area contributed by atoms with Crippen molar-refractivity contribution in [1.29, 1.82) is 5.26 Å². The Bertz CT molecular complexity index is 573. The smallest absolute Gasteiger partial charge is 0.147 e. The zero-order valence-electron chi connectivity index (χ0n) is 10.6. The molecule has 2 rings (SSSR count). The second kappa shape index (κ2) is 6.55. The summed E-state index contributed by atoms with van der Waals surface area (Å²) in [7, 11) is 0. The molecule has 0 amide bonds. The molecule has 0 radical (unpaired) electrons. The molecule has 0 fully saturated rings. The predicted octanol–water partition coefficient (Wildman–Crippen LogP) is 3.74. The molecule has 0 saturated carbocycles. The molecule has 1 N–H and O–H groups in total. The van der Waals surface area contributed by atoms with Crippen LogP contribution in [0.3, 0.4) is 0 Å². The Kier molecular flexibility index (Phi) is 4.52. The molecule has 96 valence electrons. The van der Waals surface area contributed by atoms with Gasteiger partial charge in [0.1, 0.15) is 5.82 Å². The lowest BCUT2D eigenvalue weighted by Gasteiger charge is -2.07. The minimum absolute atomic E-state index is 0.340. The standard InChI is InChI=1S/C16H15FN2/c17-15-11-14(12-18)8-9-16(15)19-10-4-7-13-5-2-1-3-6-13/h1-3,5-6,8-9,11,19H,4,7,10H2. The molecule has 0 aliphatic heterocycles. The molecule has 0 heterocycles. The molecule has 2 aromatic rings. The fourth-order valence-corrected chi connectivity index (χ4v) is 1.89. The number of nitrogens with one attached hydrogen (secondary N) is 1. The van der Waals surface area contributed by atoms with Gasteiger partial charge < -0.3 is 5.32 Å². The van der Waals surface area contributed by atoms with Gasteiger partial charge in [0.15, 0.2) is 0 Å². The average Bonchev–Trinajstić information content (AvgIpc) is 2.46. The quantitative estimate of drug-likeness (QED) is 0.825. The van der Waals surface area contributed by atoms with Crippen molar-refractivity contribution in [3.63, 3.8) is 0 Å². The third kappa shape index (κ3) is 3.82. The minimum atomic E-state index is -0.376. The van der Waals surface area contributed by atoms with E-state index in [0.717, 1.165) is 12.8 Å². The Labute approximate surface area is 112 Å². The summed E-state index contributed by atoms with van der Waals surface area (Å²) < 4.78 is 13.6. The second-order valence-electron chi connectivity index (χ2n) is 4.32. The van der Waals surface area contributed by atoms with Crippen molar-refractivity contribution in [2.24, 2.45) is 0 Å². The van der Waals surface area contributed by atoms with Gasteiger partial charge in [0.2, 0.25) is 0 Å². The van der Waals surface area contributed by atoms with Gasteiger partial charge in [-0.3, -0.25) is 0 Å². The van der Waals surface area contributed by atoms with Crippen molar-refractivity contribution in [1.82, 2.24) is 0 Å². The molecule has 19 heavy (non-hydrogen) atoms. The third-order valence-electron chi connectivity index (χ3n) is 2.90. The summed E-state index contributed by atoms with van der Waals surface area (Å²) in [6.07, 6.45) is 1.90. The highest BCUT2D eigenvalue weighted by Crippen LogP contribution is 2.15. The minimum Gasteiger partial charge on any atom is -0.383 e. The molecule has 2 nitrogen and oxygen atoms in total. The first kappa shape index (κ1) is 13.1. The summed E-state index contributed by atoms with van der Waals surface area (Å²) in [4.78, 5) is 0. The maximum atomic E-state index is 13.6. The number of anilines is 1. The van der Waals surface area contributed by atoms with E-state index in [4.69, 9.17) is 5.26 Å². The van der Waals surface area contributed by atoms with Crippen LogP contribution >= 0.6 is 0 Å². The van der Waals surface area contributed by atoms with Gasteiger partial charge >= 0.3 is 0 Å². The van der Waals surface area contributed by atoms with Crippen LogP contribution in [0.15, 0.2) is 48.5 Å².